The first kappa shape index (κ1) is 18.4. The maximum atomic E-state index is 12.5. The molecule has 0 spiro atoms. The predicted octanol–water partition coefficient (Wildman–Crippen LogP) is 2.70. The molecule has 3 fully saturated rings. The molecule has 3 heterocycles. The highest BCUT2D eigenvalue weighted by atomic mass is 35.5. The van der Waals surface area contributed by atoms with Gasteiger partial charge in [-0.25, -0.2) is 0 Å². The molecule has 0 saturated carbocycles. The number of nitrogens with zero attached hydrogens (tertiary/aromatic N) is 3. The molecular formula is C16H23Cl2N3O2S. The van der Waals surface area contributed by atoms with Gasteiger partial charge >= 0.3 is 0 Å². The van der Waals surface area contributed by atoms with E-state index >= 15 is 0 Å². The summed E-state index contributed by atoms with van der Waals surface area (Å²) in [7, 11) is -0.181. The second-order valence-electron chi connectivity index (χ2n) is 6.87. The zero-order valence-corrected chi connectivity index (χ0v) is 16.3. The average molecular weight is 392 g/mol. The number of benzene rings is 1. The van der Waals surface area contributed by atoms with E-state index in [1.165, 1.54) is 4.31 Å². The number of rotatable bonds is 4. The summed E-state index contributed by atoms with van der Waals surface area (Å²) in [6.07, 6.45) is 2.10. The first-order chi connectivity index (χ1) is 11.3. The van der Waals surface area contributed by atoms with Crippen molar-refractivity contribution in [2.24, 2.45) is 5.92 Å². The van der Waals surface area contributed by atoms with Gasteiger partial charge in [0.2, 0.25) is 0 Å². The lowest BCUT2D eigenvalue weighted by atomic mass is 9.94. The minimum absolute atomic E-state index is 0.227. The topological polar surface area (TPSA) is 43.9 Å². The molecule has 134 valence electrons. The lowest BCUT2D eigenvalue weighted by Crippen LogP contribution is -2.45. The molecule has 0 aromatic heterocycles. The van der Waals surface area contributed by atoms with Crippen LogP contribution in [-0.2, 0) is 16.8 Å². The minimum atomic E-state index is -3.36. The molecular weight excluding hydrogens is 369 g/mol. The Labute approximate surface area is 154 Å². The second-order valence-corrected chi connectivity index (χ2v) is 9.86. The summed E-state index contributed by atoms with van der Waals surface area (Å²) in [4.78, 5) is 2.37. The van der Waals surface area contributed by atoms with Crippen molar-refractivity contribution in [3.05, 3.63) is 33.8 Å². The molecule has 4 rings (SSSR count). The molecule has 5 nitrogen and oxygen atoms in total. The third-order valence-corrected chi connectivity index (χ3v) is 7.43. The third kappa shape index (κ3) is 3.74. The van der Waals surface area contributed by atoms with Gasteiger partial charge in [-0.1, -0.05) is 29.3 Å². The van der Waals surface area contributed by atoms with E-state index in [0.717, 1.165) is 31.5 Å². The van der Waals surface area contributed by atoms with Crippen LogP contribution in [0.3, 0.4) is 0 Å². The molecule has 3 aliphatic heterocycles. The van der Waals surface area contributed by atoms with Crippen LogP contribution in [0.15, 0.2) is 18.2 Å². The van der Waals surface area contributed by atoms with Crippen molar-refractivity contribution in [2.45, 2.75) is 25.4 Å². The van der Waals surface area contributed by atoms with E-state index in [1.807, 2.05) is 12.1 Å². The Bertz CT molecular complexity index is 711. The molecule has 24 heavy (non-hydrogen) atoms. The summed E-state index contributed by atoms with van der Waals surface area (Å²) in [5.41, 5.74) is 1.04. The Hall–Kier alpha value is -0.370. The summed E-state index contributed by atoms with van der Waals surface area (Å²) in [5.74, 6) is 0.365. The summed E-state index contributed by atoms with van der Waals surface area (Å²) in [5, 5.41) is 1.30. The Balaban J connectivity index is 1.79. The fourth-order valence-corrected chi connectivity index (χ4v) is 5.31. The van der Waals surface area contributed by atoms with Crippen molar-refractivity contribution in [3.63, 3.8) is 0 Å². The maximum Gasteiger partial charge on any atom is 0.281 e. The molecule has 0 N–H and O–H groups in total. The fourth-order valence-electron chi connectivity index (χ4n) is 3.62. The van der Waals surface area contributed by atoms with Crippen LogP contribution >= 0.6 is 23.2 Å². The SMILES string of the molecule is CN(C)S(=O)(=O)N1C[C@@H]2CC[C@H](C1)N(Cc1ccc(Cl)cc1Cl)C2. The monoisotopic (exact) mass is 391 g/mol. The van der Waals surface area contributed by atoms with Gasteiger partial charge in [0.1, 0.15) is 0 Å². The summed E-state index contributed by atoms with van der Waals surface area (Å²) in [6, 6.07) is 5.79. The fraction of sp³-hybridized carbons (Fsp3) is 0.625. The lowest BCUT2D eigenvalue weighted by Gasteiger charge is -2.36. The van der Waals surface area contributed by atoms with Gasteiger partial charge in [-0.05, 0) is 36.5 Å². The van der Waals surface area contributed by atoms with Crippen molar-refractivity contribution in [1.82, 2.24) is 13.5 Å². The van der Waals surface area contributed by atoms with E-state index in [0.29, 0.717) is 29.1 Å². The molecule has 1 aromatic carbocycles. The average Bonchev–Trinajstić information content (AvgIpc) is 2.82. The molecule has 2 atom stereocenters. The van der Waals surface area contributed by atoms with E-state index in [4.69, 9.17) is 23.2 Å². The number of piperidine rings is 1. The van der Waals surface area contributed by atoms with Crippen LogP contribution in [0.5, 0.6) is 0 Å². The quantitative estimate of drug-likeness (QED) is 0.792. The van der Waals surface area contributed by atoms with E-state index < -0.39 is 10.2 Å². The highest BCUT2D eigenvalue weighted by Crippen LogP contribution is 2.32. The molecule has 0 aliphatic carbocycles. The van der Waals surface area contributed by atoms with Crippen LogP contribution in [0.25, 0.3) is 0 Å². The molecule has 0 radical (unpaired) electrons. The first-order valence-corrected chi connectivity index (χ1v) is 10.3. The number of hydrogen-bond acceptors (Lipinski definition) is 3. The van der Waals surface area contributed by atoms with Gasteiger partial charge in [0.25, 0.3) is 10.2 Å². The zero-order chi connectivity index (χ0) is 17.5. The predicted molar refractivity (Wildman–Crippen MR) is 97.6 cm³/mol. The van der Waals surface area contributed by atoms with E-state index in [2.05, 4.69) is 4.90 Å². The highest BCUT2D eigenvalue weighted by molar-refractivity contribution is 7.86. The van der Waals surface area contributed by atoms with Gasteiger partial charge < -0.3 is 0 Å². The number of halogens is 2. The first-order valence-electron chi connectivity index (χ1n) is 8.13. The summed E-state index contributed by atoms with van der Waals surface area (Å²) in [6.45, 7) is 2.78. The van der Waals surface area contributed by atoms with Crippen LogP contribution in [0.1, 0.15) is 18.4 Å². The van der Waals surface area contributed by atoms with Crippen LogP contribution in [0.2, 0.25) is 10.0 Å². The molecule has 3 saturated heterocycles. The maximum absolute atomic E-state index is 12.5. The van der Waals surface area contributed by atoms with Gasteiger partial charge in [-0.15, -0.1) is 0 Å². The summed E-state index contributed by atoms with van der Waals surface area (Å²) >= 11 is 12.3. The summed E-state index contributed by atoms with van der Waals surface area (Å²) < 4.78 is 28.0. The lowest BCUT2D eigenvalue weighted by molar-refractivity contribution is 0.125. The van der Waals surface area contributed by atoms with Gasteiger partial charge in [0, 0.05) is 56.4 Å². The van der Waals surface area contributed by atoms with Gasteiger partial charge in [-0.3, -0.25) is 4.90 Å². The third-order valence-electron chi connectivity index (χ3n) is 4.97. The van der Waals surface area contributed by atoms with E-state index in [-0.39, 0.29) is 6.04 Å². The normalized spacial score (nSPS) is 26.0. The van der Waals surface area contributed by atoms with Crippen LogP contribution in [0, 0.1) is 5.92 Å². The minimum Gasteiger partial charge on any atom is -0.294 e. The van der Waals surface area contributed by atoms with E-state index in [1.54, 1.807) is 24.5 Å². The van der Waals surface area contributed by atoms with Crippen LogP contribution < -0.4 is 0 Å². The molecule has 0 amide bonds. The van der Waals surface area contributed by atoms with Crippen molar-refractivity contribution in [2.75, 3.05) is 33.7 Å². The number of hydrogen-bond donors (Lipinski definition) is 0. The molecule has 2 bridgehead atoms. The Morgan fingerprint density at radius 3 is 2.58 bits per heavy atom. The van der Waals surface area contributed by atoms with Crippen molar-refractivity contribution in [1.29, 1.82) is 0 Å². The Morgan fingerprint density at radius 1 is 1.17 bits per heavy atom. The Morgan fingerprint density at radius 2 is 1.92 bits per heavy atom. The second kappa shape index (κ2) is 7.09. The molecule has 0 unspecified atom stereocenters. The van der Waals surface area contributed by atoms with Crippen LogP contribution in [-0.4, -0.2) is 61.7 Å². The Kier molecular flexibility index (Phi) is 5.45. The zero-order valence-electron chi connectivity index (χ0n) is 14.0. The molecule has 8 heteroatoms. The van der Waals surface area contributed by atoms with Gasteiger partial charge in [0.15, 0.2) is 0 Å². The highest BCUT2D eigenvalue weighted by Gasteiger charge is 2.39. The van der Waals surface area contributed by atoms with Gasteiger partial charge in [0.05, 0.1) is 0 Å². The standard InChI is InChI=1S/C16H23Cl2N3O2S/c1-19(2)24(22,23)21-9-12-3-6-15(11-21)20(8-12)10-13-4-5-14(17)7-16(13)18/h4-5,7,12,15H,3,6,8-11H2,1-2H3/t12-,15-/m1/s1. The van der Waals surface area contributed by atoms with Crippen molar-refractivity contribution < 1.29 is 8.42 Å². The number of fused-ring (bicyclic) bond motifs is 4. The van der Waals surface area contributed by atoms with Crippen molar-refractivity contribution >= 4 is 33.4 Å². The largest absolute Gasteiger partial charge is 0.294 e. The van der Waals surface area contributed by atoms with Crippen molar-refractivity contribution in [3.8, 4) is 0 Å². The smallest absolute Gasteiger partial charge is 0.281 e. The molecule has 1 aromatic rings. The molecule has 3 aliphatic rings. The van der Waals surface area contributed by atoms with E-state index in [9.17, 15) is 8.42 Å². The van der Waals surface area contributed by atoms with Gasteiger partial charge in [-0.2, -0.15) is 17.0 Å². The van der Waals surface area contributed by atoms with Crippen LogP contribution in [0.4, 0.5) is 0 Å².